The molecule has 0 radical (unpaired) electrons. The van der Waals surface area contributed by atoms with Gasteiger partial charge in [0.25, 0.3) is 0 Å². The Kier molecular flexibility index (Phi) is 4.39. The molecule has 0 aliphatic carbocycles. The maximum atomic E-state index is 12.7. The maximum Gasteiger partial charge on any atom is 0.228 e. The minimum Gasteiger partial charge on any atom is -0.354 e. The van der Waals surface area contributed by atoms with E-state index in [0.29, 0.717) is 10.9 Å². The lowest BCUT2D eigenvalue weighted by atomic mass is 9.94. The van der Waals surface area contributed by atoms with Gasteiger partial charge in [0.15, 0.2) is 0 Å². The summed E-state index contributed by atoms with van der Waals surface area (Å²) in [5.41, 5.74) is 1.25. The Labute approximate surface area is 136 Å². The molecule has 0 spiro atoms. The first-order valence-corrected chi connectivity index (χ1v) is 8.22. The van der Waals surface area contributed by atoms with Crippen molar-refractivity contribution in [1.29, 1.82) is 0 Å². The van der Waals surface area contributed by atoms with Crippen LogP contribution in [-0.4, -0.2) is 41.5 Å². The molecule has 22 heavy (non-hydrogen) atoms. The first-order valence-electron chi connectivity index (χ1n) is 7.85. The molecule has 0 N–H and O–H groups in total. The van der Waals surface area contributed by atoms with Gasteiger partial charge in [-0.15, -0.1) is 0 Å². The SMILES string of the molecule is CC(C)=CCN1C(=O)[C@H]2CC[C@@H]1CN(c1ccc(Cl)cn1)C2. The molecule has 0 aromatic carbocycles. The van der Waals surface area contributed by atoms with Gasteiger partial charge in [0.1, 0.15) is 5.82 Å². The number of hydrogen-bond donors (Lipinski definition) is 0. The van der Waals surface area contributed by atoms with Gasteiger partial charge < -0.3 is 9.80 Å². The van der Waals surface area contributed by atoms with E-state index >= 15 is 0 Å². The third kappa shape index (κ3) is 3.12. The van der Waals surface area contributed by atoms with E-state index in [0.717, 1.165) is 38.3 Å². The largest absolute Gasteiger partial charge is 0.354 e. The fourth-order valence-electron chi connectivity index (χ4n) is 3.30. The number of hydrogen-bond acceptors (Lipinski definition) is 3. The van der Waals surface area contributed by atoms with Gasteiger partial charge in [0.05, 0.1) is 10.9 Å². The fourth-order valence-corrected chi connectivity index (χ4v) is 3.42. The molecule has 1 aromatic heterocycles. The highest BCUT2D eigenvalue weighted by Gasteiger charge is 2.40. The number of nitrogens with zero attached hydrogens (tertiary/aromatic N) is 3. The predicted octanol–water partition coefficient (Wildman–Crippen LogP) is 3.13. The maximum absolute atomic E-state index is 12.7. The molecule has 4 rings (SSSR count). The second-order valence-electron chi connectivity index (χ2n) is 6.44. The number of anilines is 1. The van der Waals surface area contributed by atoms with E-state index in [4.69, 9.17) is 11.6 Å². The van der Waals surface area contributed by atoms with Crippen LogP contribution in [0.25, 0.3) is 0 Å². The molecule has 3 aliphatic heterocycles. The van der Waals surface area contributed by atoms with Gasteiger partial charge in [-0.05, 0) is 38.8 Å². The number of carbonyl (C=O) groups excluding carboxylic acids is 1. The first-order chi connectivity index (χ1) is 10.5. The van der Waals surface area contributed by atoms with Crippen LogP contribution < -0.4 is 4.90 Å². The summed E-state index contributed by atoms with van der Waals surface area (Å²) in [6.45, 7) is 6.49. The molecule has 3 fully saturated rings. The number of fused-ring (bicyclic) bond motifs is 4. The van der Waals surface area contributed by atoms with Gasteiger partial charge in [-0.3, -0.25) is 4.79 Å². The molecular formula is C17H22ClN3O. The van der Waals surface area contributed by atoms with Crippen LogP contribution in [0.1, 0.15) is 26.7 Å². The van der Waals surface area contributed by atoms with Crippen molar-refractivity contribution in [1.82, 2.24) is 9.88 Å². The molecule has 4 heterocycles. The summed E-state index contributed by atoms with van der Waals surface area (Å²) in [5, 5.41) is 0.641. The quantitative estimate of drug-likeness (QED) is 0.803. The smallest absolute Gasteiger partial charge is 0.228 e. The van der Waals surface area contributed by atoms with Crippen molar-refractivity contribution in [2.75, 3.05) is 24.5 Å². The number of piperidine rings is 1. The molecule has 0 unspecified atom stereocenters. The van der Waals surface area contributed by atoms with Crippen LogP contribution in [0, 0.1) is 5.92 Å². The number of rotatable bonds is 3. The van der Waals surface area contributed by atoms with Crippen molar-refractivity contribution in [3.63, 3.8) is 0 Å². The van der Waals surface area contributed by atoms with Crippen LogP contribution in [0.5, 0.6) is 0 Å². The average molecular weight is 320 g/mol. The number of amides is 1. The Bertz CT molecular complexity index is 580. The Balaban J connectivity index is 1.81. The number of halogens is 1. The standard InChI is InChI=1S/C17H22ClN3O/c1-12(2)7-8-21-15-5-3-13(17(21)22)10-20(11-15)16-6-4-14(18)9-19-16/h4,6-7,9,13,15H,3,5,8,10-11H2,1-2H3/t13-,15+/m0/s1. The highest BCUT2D eigenvalue weighted by Crippen LogP contribution is 2.31. The Morgan fingerprint density at radius 1 is 1.36 bits per heavy atom. The summed E-state index contributed by atoms with van der Waals surface area (Å²) in [4.78, 5) is 21.4. The molecule has 1 amide bonds. The van der Waals surface area contributed by atoms with Gasteiger partial charge >= 0.3 is 0 Å². The lowest BCUT2D eigenvalue weighted by Gasteiger charge is -2.35. The van der Waals surface area contributed by atoms with Crippen LogP contribution >= 0.6 is 11.6 Å². The van der Waals surface area contributed by atoms with Crippen molar-refractivity contribution in [2.45, 2.75) is 32.7 Å². The van der Waals surface area contributed by atoms with E-state index in [2.05, 4.69) is 34.7 Å². The van der Waals surface area contributed by atoms with Crippen LogP contribution in [0.15, 0.2) is 30.0 Å². The molecule has 4 nitrogen and oxygen atoms in total. The number of aromatic nitrogens is 1. The van der Waals surface area contributed by atoms with Gasteiger partial charge in [-0.1, -0.05) is 23.3 Å². The molecule has 3 saturated heterocycles. The lowest BCUT2D eigenvalue weighted by Crippen LogP contribution is -2.47. The van der Waals surface area contributed by atoms with Gasteiger partial charge in [0, 0.05) is 31.9 Å². The van der Waals surface area contributed by atoms with Crippen LogP contribution in [-0.2, 0) is 4.79 Å². The highest BCUT2D eigenvalue weighted by atomic mass is 35.5. The minimum atomic E-state index is 0.0850. The first kappa shape index (κ1) is 15.3. The zero-order chi connectivity index (χ0) is 15.7. The number of carbonyl (C=O) groups is 1. The molecule has 2 bridgehead atoms. The monoisotopic (exact) mass is 319 g/mol. The molecule has 3 aliphatic rings. The van der Waals surface area contributed by atoms with E-state index in [1.165, 1.54) is 5.57 Å². The number of allylic oxidation sites excluding steroid dienone is 1. The third-order valence-electron chi connectivity index (χ3n) is 4.53. The Hall–Kier alpha value is -1.55. The zero-order valence-corrected chi connectivity index (χ0v) is 13.9. The second kappa shape index (κ2) is 6.29. The van der Waals surface area contributed by atoms with E-state index in [9.17, 15) is 4.79 Å². The van der Waals surface area contributed by atoms with Crippen LogP contribution in [0.3, 0.4) is 0 Å². The summed E-state index contributed by atoms with van der Waals surface area (Å²) >= 11 is 5.92. The normalized spacial score (nSPS) is 24.4. The van der Waals surface area contributed by atoms with Crippen molar-refractivity contribution in [3.05, 3.63) is 35.0 Å². The minimum absolute atomic E-state index is 0.0850. The van der Waals surface area contributed by atoms with Crippen LogP contribution in [0.2, 0.25) is 5.02 Å². The summed E-state index contributed by atoms with van der Waals surface area (Å²) in [7, 11) is 0. The van der Waals surface area contributed by atoms with Gasteiger partial charge in [-0.25, -0.2) is 4.98 Å². The van der Waals surface area contributed by atoms with E-state index in [1.54, 1.807) is 6.20 Å². The van der Waals surface area contributed by atoms with Crippen molar-refractivity contribution >= 4 is 23.3 Å². The van der Waals surface area contributed by atoms with E-state index in [1.807, 2.05) is 12.1 Å². The number of pyridine rings is 1. The Morgan fingerprint density at radius 2 is 2.18 bits per heavy atom. The van der Waals surface area contributed by atoms with Crippen molar-refractivity contribution < 1.29 is 4.79 Å². The van der Waals surface area contributed by atoms with Crippen molar-refractivity contribution in [2.24, 2.45) is 5.92 Å². The predicted molar refractivity (Wildman–Crippen MR) is 89.1 cm³/mol. The molecule has 118 valence electrons. The average Bonchev–Trinajstić information content (AvgIpc) is 2.77. The molecule has 2 atom stereocenters. The second-order valence-corrected chi connectivity index (χ2v) is 6.88. The van der Waals surface area contributed by atoms with E-state index in [-0.39, 0.29) is 12.0 Å². The Morgan fingerprint density at radius 3 is 2.86 bits per heavy atom. The molecule has 5 heteroatoms. The summed E-state index contributed by atoms with van der Waals surface area (Å²) in [6.07, 6.45) is 5.88. The zero-order valence-electron chi connectivity index (χ0n) is 13.1. The summed E-state index contributed by atoms with van der Waals surface area (Å²) < 4.78 is 0. The highest BCUT2D eigenvalue weighted by molar-refractivity contribution is 6.30. The topological polar surface area (TPSA) is 36.4 Å². The van der Waals surface area contributed by atoms with E-state index < -0.39 is 0 Å². The fraction of sp³-hybridized carbons (Fsp3) is 0.529. The van der Waals surface area contributed by atoms with Crippen LogP contribution in [0.4, 0.5) is 5.82 Å². The molecular weight excluding hydrogens is 298 g/mol. The summed E-state index contributed by atoms with van der Waals surface area (Å²) in [5.74, 6) is 1.30. The molecule has 1 aromatic rings. The third-order valence-corrected chi connectivity index (χ3v) is 4.75. The summed E-state index contributed by atoms with van der Waals surface area (Å²) in [6, 6.07) is 4.08. The molecule has 0 saturated carbocycles. The van der Waals surface area contributed by atoms with Crippen molar-refractivity contribution in [3.8, 4) is 0 Å². The van der Waals surface area contributed by atoms with Gasteiger partial charge in [0.2, 0.25) is 5.91 Å². The lowest BCUT2D eigenvalue weighted by molar-refractivity contribution is -0.139. The van der Waals surface area contributed by atoms with Gasteiger partial charge in [-0.2, -0.15) is 0 Å².